The highest BCUT2D eigenvalue weighted by Gasteiger charge is 2.35. The van der Waals surface area contributed by atoms with Gasteiger partial charge < -0.3 is 9.55 Å². The summed E-state index contributed by atoms with van der Waals surface area (Å²) in [7, 11) is -3.45. The summed E-state index contributed by atoms with van der Waals surface area (Å²) in [6.45, 7) is 1.66. The van der Waals surface area contributed by atoms with Crippen molar-refractivity contribution in [2.24, 2.45) is 0 Å². The Bertz CT molecular complexity index is 3000. The van der Waals surface area contributed by atoms with E-state index >= 15 is 0 Å². The molecule has 0 saturated carbocycles. The number of imide groups is 2. The Morgan fingerprint density at radius 2 is 0.984 bits per heavy atom. The highest BCUT2D eigenvalue weighted by molar-refractivity contribution is 9.09. The van der Waals surface area contributed by atoms with E-state index in [1.54, 1.807) is 85.1 Å². The van der Waals surface area contributed by atoms with E-state index in [9.17, 15) is 27.6 Å². The monoisotopic (exact) mass is 918 g/mol. The van der Waals surface area contributed by atoms with Gasteiger partial charge in [0.05, 0.1) is 32.0 Å². The molecule has 8 aromatic rings. The maximum atomic E-state index is 12.6. The van der Waals surface area contributed by atoms with Crippen LogP contribution >= 0.6 is 15.9 Å². The van der Waals surface area contributed by atoms with Crippen LogP contribution in [0, 0.1) is 0 Å². The lowest BCUT2D eigenvalue weighted by atomic mass is 10.0. The minimum Gasteiger partial charge on any atom is -0.360 e. The molecule has 2 aliphatic rings. The van der Waals surface area contributed by atoms with Crippen molar-refractivity contribution in [3.05, 3.63) is 203 Å². The van der Waals surface area contributed by atoms with Gasteiger partial charge >= 0.3 is 0 Å². The lowest BCUT2D eigenvalue weighted by Crippen LogP contribution is -2.31. The number of hydrogen-bond donors (Lipinski definition) is 1. The van der Waals surface area contributed by atoms with E-state index in [0.29, 0.717) is 45.1 Å². The number of sulfone groups is 1. The molecule has 0 unspecified atom stereocenters. The molecule has 0 spiro atoms. The minimum atomic E-state index is -3.45. The number of nitrogens with zero attached hydrogens (tertiary/aromatic N) is 3. The number of nitrogens with one attached hydrogen (secondary N) is 1. The van der Waals surface area contributed by atoms with E-state index in [1.165, 1.54) is 31.8 Å². The fourth-order valence-corrected chi connectivity index (χ4v) is 9.66. The van der Waals surface area contributed by atoms with Gasteiger partial charge in [-0.05, 0) is 78.9 Å². The number of hydrogen-bond acceptors (Lipinski definition) is 6. The number of aromatic nitrogens is 2. The van der Waals surface area contributed by atoms with Crippen LogP contribution in [0.5, 0.6) is 0 Å². The number of aromatic amines is 1. The fourth-order valence-electron chi connectivity index (χ4n) is 7.96. The largest absolute Gasteiger partial charge is 0.360 e. The second-order valence-corrected chi connectivity index (χ2v) is 17.8. The maximum Gasteiger partial charge on any atom is 0.261 e. The van der Waals surface area contributed by atoms with Gasteiger partial charge in [-0.15, -0.1) is 0 Å². The molecule has 316 valence electrons. The summed E-state index contributed by atoms with van der Waals surface area (Å²) in [6.07, 6.45) is 6.14. The Hall–Kier alpha value is -6.89. The van der Waals surface area contributed by atoms with Gasteiger partial charge in [0.2, 0.25) is 9.84 Å². The topological polar surface area (TPSA) is 130 Å². The van der Waals surface area contributed by atoms with Crippen LogP contribution in [-0.4, -0.2) is 69.8 Å². The molecule has 0 fully saturated rings. The van der Waals surface area contributed by atoms with Crippen molar-refractivity contribution in [1.82, 2.24) is 19.4 Å². The van der Waals surface area contributed by atoms with Crippen LogP contribution < -0.4 is 0 Å². The van der Waals surface area contributed by atoms with Crippen molar-refractivity contribution in [1.29, 1.82) is 0 Å². The summed E-state index contributed by atoms with van der Waals surface area (Å²) >= 11 is 3.28. The smallest absolute Gasteiger partial charge is 0.261 e. The van der Waals surface area contributed by atoms with Crippen molar-refractivity contribution in [2.45, 2.75) is 35.6 Å². The summed E-state index contributed by atoms with van der Waals surface area (Å²) in [5.41, 5.74) is 6.66. The van der Waals surface area contributed by atoms with Crippen LogP contribution in [0.1, 0.15) is 65.4 Å². The van der Waals surface area contributed by atoms with Crippen molar-refractivity contribution >= 4 is 71.2 Å². The molecule has 10 nitrogen and oxygen atoms in total. The number of carbonyl (C=O) groups is 4. The zero-order valence-corrected chi connectivity index (χ0v) is 36.6. The van der Waals surface area contributed by atoms with Crippen LogP contribution in [0.25, 0.3) is 21.8 Å². The lowest BCUT2D eigenvalue weighted by Gasteiger charge is -2.14. The maximum absolute atomic E-state index is 12.6. The van der Waals surface area contributed by atoms with Crippen molar-refractivity contribution in [3.8, 4) is 0 Å². The number of aryl methyl sites for hydroxylation is 1. The molecule has 6 aromatic carbocycles. The lowest BCUT2D eigenvalue weighted by molar-refractivity contribution is 0.0637. The third-order valence-electron chi connectivity index (χ3n) is 11.1. The normalized spacial score (nSPS) is 13.2. The second-order valence-electron chi connectivity index (χ2n) is 15.1. The van der Waals surface area contributed by atoms with Gasteiger partial charge in [0, 0.05) is 59.2 Å². The predicted molar refractivity (Wildman–Crippen MR) is 248 cm³/mol. The number of benzene rings is 6. The SMILES string of the molecule is O=C1c2ccccc2C(=O)N1CCCBr.O=C1c2ccccc2C(=O)N1CCCn1cc(Cc2ccccc2)c2ccccc21.O=S(=O)(c1ccccc1)c1c[nH]c2ccccc12. The summed E-state index contributed by atoms with van der Waals surface area (Å²) in [6, 6.07) is 48.7. The van der Waals surface area contributed by atoms with Gasteiger partial charge in [-0.2, -0.15) is 0 Å². The molecule has 0 radical (unpaired) electrons. The molecule has 10 rings (SSSR count). The summed E-state index contributed by atoms with van der Waals surface area (Å²) < 4.78 is 27.2. The number of halogens is 1. The Labute approximate surface area is 373 Å². The fraction of sp³-hybridized carbons (Fsp3) is 0.137. The first-order valence-electron chi connectivity index (χ1n) is 20.6. The van der Waals surface area contributed by atoms with Crippen LogP contribution in [0.4, 0.5) is 0 Å². The van der Waals surface area contributed by atoms with E-state index in [-0.39, 0.29) is 23.6 Å². The molecule has 2 aliphatic heterocycles. The van der Waals surface area contributed by atoms with E-state index in [0.717, 1.165) is 42.0 Å². The van der Waals surface area contributed by atoms with Gasteiger partial charge in [0.15, 0.2) is 0 Å². The van der Waals surface area contributed by atoms with Crippen LogP contribution in [0.3, 0.4) is 0 Å². The van der Waals surface area contributed by atoms with Gasteiger partial charge in [-0.1, -0.05) is 125 Å². The molecule has 2 aromatic heterocycles. The highest BCUT2D eigenvalue weighted by Crippen LogP contribution is 2.29. The molecule has 4 amide bonds. The first kappa shape index (κ1) is 42.8. The van der Waals surface area contributed by atoms with E-state index in [2.05, 4.69) is 80.2 Å². The van der Waals surface area contributed by atoms with Gasteiger partial charge in [0.25, 0.3) is 23.6 Å². The standard InChI is InChI=1S/C26H22N2O2.C14H11NO2S.C11H10BrNO2/c29-25-22-12-4-5-13-23(22)26(30)28(25)16-8-15-27-18-20(17-19-9-2-1-3-10-19)21-11-6-7-14-24(21)27;16-18(17,11-6-2-1-3-7-11)14-10-15-13-9-5-4-8-12(13)14;12-6-3-7-13-10(14)8-4-1-2-5-9(8)11(13)15/h1-7,9-14,18H,8,15-17H2;1-10,15H;1-2,4-5H,3,6-7H2. The van der Waals surface area contributed by atoms with Crippen LogP contribution in [-0.2, 0) is 22.8 Å². The molecule has 1 N–H and O–H groups in total. The Morgan fingerprint density at radius 1 is 0.508 bits per heavy atom. The molecular formula is C51H43BrN4O6S. The number of H-pyrrole nitrogens is 1. The molecule has 0 saturated heterocycles. The van der Waals surface area contributed by atoms with Crippen molar-refractivity contribution in [3.63, 3.8) is 0 Å². The van der Waals surface area contributed by atoms with Crippen molar-refractivity contribution in [2.75, 3.05) is 18.4 Å². The highest BCUT2D eigenvalue weighted by atomic mass is 79.9. The zero-order chi connectivity index (χ0) is 43.9. The van der Waals surface area contributed by atoms with Gasteiger partial charge in [0.1, 0.15) is 0 Å². The number of amides is 4. The molecule has 0 bridgehead atoms. The summed E-state index contributed by atoms with van der Waals surface area (Å²) in [4.78, 5) is 55.1. The number of rotatable bonds is 11. The van der Waals surface area contributed by atoms with E-state index in [1.807, 2.05) is 30.3 Å². The number of fused-ring (bicyclic) bond motifs is 4. The minimum absolute atomic E-state index is 0.170. The predicted octanol–water partition coefficient (Wildman–Crippen LogP) is 9.99. The third kappa shape index (κ3) is 8.91. The van der Waals surface area contributed by atoms with Crippen LogP contribution in [0.15, 0.2) is 180 Å². The molecule has 0 atom stereocenters. The van der Waals surface area contributed by atoms with Gasteiger partial charge in [-0.3, -0.25) is 29.0 Å². The second kappa shape index (κ2) is 19.0. The van der Waals surface area contributed by atoms with Crippen LogP contribution in [0.2, 0.25) is 0 Å². The first-order chi connectivity index (χ1) is 30.7. The Balaban J connectivity index is 0.000000141. The number of alkyl halides is 1. The zero-order valence-electron chi connectivity index (χ0n) is 34.2. The Morgan fingerprint density at radius 3 is 1.56 bits per heavy atom. The van der Waals surface area contributed by atoms with Crippen molar-refractivity contribution < 1.29 is 27.6 Å². The van der Waals surface area contributed by atoms with E-state index in [4.69, 9.17) is 0 Å². The molecule has 12 heteroatoms. The first-order valence-corrected chi connectivity index (χ1v) is 23.2. The number of carbonyl (C=O) groups excluding carboxylic acids is 4. The average molecular weight is 920 g/mol. The molecular weight excluding hydrogens is 877 g/mol. The quantitative estimate of drug-likeness (QED) is 0.102. The molecule has 63 heavy (non-hydrogen) atoms. The summed E-state index contributed by atoms with van der Waals surface area (Å²) in [5.74, 6) is -0.705. The number of para-hydroxylation sites is 2. The molecule has 4 heterocycles. The summed E-state index contributed by atoms with van der Waals surface area (Å²) in [5, 5.41) is 2.77. The Kier molecular flexibility index (Phi) is 12.9. The third-order valence-corrected chi connectivity index (χ3v) is 13.4. The van der Waals surface area contributed by atoms with Gasteiger partial charge in [-0.25, -0.2) is 8.42 Å². The van der Waals surface area contributed by atoms with E-state index < -0.39 is 9.84 Å². The average Bonchev–Trinajstić information content (AvgIpc) is 4.05. The molecule has 0 aliphatic carbocycles.